The molecule has 3 rings (SSSR count). The molecule has 0 aliphatic carbocycles. The average Bonchev–Trinajstić information content (AvgIpc) is 2.61. The Morgan fingerprint density at radius 2 is 2.00 bits per heavy atom. The molecule has 0 aromatic carbocycles. The van der Waals surface area contributed by atoms with E-state index in [0.717, 1.165) is 11.5 Å². The zero-order valence-corrected chi connectivity index (χ0v) is 13.3. The van der Waals surface area contributed by atoms with E-state index in [1.807, 2.05) is 4.90 Å². The van der Waals surface area contributed by atoms with E-state index >= 15 is 0 Å². The largest absolute Gasteiger partial charge is 0.353 e. The van der Waals surface area contributed by atoms with Crippen molar-refractivity contribution in [3.8, 4) is 6.07 Å². The van der Waals surface area contributed by atoms with Gasteiger partial charge in [-0.15, -0.1) is 0 Å². The topological polar surface area (TPSA) is 93.1 Å². The fourth-order valence-electron chi connectivity index (χ4n) is 2.71. The Labute approximate surface area is 139 Å². The van der Waals surface area contributed by atoms with Crippen LogP contribution in [0.5, 0.6) is 0 Å². The number of hydrogen-bond acceptors (Lipinski definition) is 5. The quantitative estimate of drug-likeness (QED) is 0.887. The number of anilines is 1. The summed E-state index contributed by atoms with van der Waals surface area (Å²) in [6, 6.07) is 8.79. The second-order valence-corrected chi connectivity index (χ2v) is 5.68. The molecule has 1 amide bonds. The molecule has 122 valence electrons. The molecule has 1 aliphatic rings. The molecular weight excluding hydrogens is 306 g/mol. The zero-order valence-electron chi connectivity index (χ0n) is 13.3. The van der Waals surface area contributed by atoms with Gasteiger partial charge in [-0.1, -0.05) is 0 Å². The van der Waals surface area contributed by atoms with Gasteiger partial charge in [-0.25, -0.2) is 4.98 Å². The van der Waals surface area contributed by atoms with Crippen molar-refractivity contribution < 1.29 is 4.79 Å². The van der Waals surface area contributed by atoms with E-state index in [4.69, 9.17) is 5.26 Å². The number of nitrogens with zero attached hydrogens (tertiary/aromatic N) is 4. The van der Waals surface area contributed by atoms with Crippen molar-refractivity contribution >= 4 is 11.7 Å². The molecule has 3 heterocycles. The minimum atomic E-state index is -0.356. The smallest absolute Gasteiger partial charge is 0.260 e. The normalized spacial score (nSPS) is 14.3. The molecule has 0 bridgehead atoms. The maximum Gasteiger partial charge on any atom is 0.260 e. The van der Waals surface area contributed by atoms with Gasteiger partial charge < -0.3 is 14.8 Å². The van der Waals surface area contributed by atoms with Crippen LogP contribution in [-0.2, 0) is 0 Å². The number of rotatable bonds is 2. The summed E-state index contributed by atoms with van der Waals surface area (Å²) in [7, 11) is 0. The fraction of sp³-hybridized carbons (Fsp3) is 0.294. The summed E-state index contributed by atoms with van der Waals surface area (Å²) in [6.45, 7) is 4.00. The van der Waals surface area contributed by atoms with Crippen molar-refractivity contribution in [2.45, 2.75) is 6.92 Å². The summed E-state index contributed by atoms with van der Waals surface area (Å²) in [5, 5.41) is 8.97. The van der Waals surface area contributed by atoms with Gasteiger partial charge in [0.2, 0.25) is 0 Å². The highest BCUT2D eigenvalue weighted by atomic mass is 16.2. The van der Waals surface area contributed by atoms with Crippen molar-refractivity contribution in [2.75, 3.05) is 31.1 Å². The highest BCUT2D eigenvalue weighted by Gasteiger charge is 2.24. The molecule has 0 radical (unpaired) electrons. The van der Waals surface area contributed by atoms with Crippen molar-refractivity contribution in [1.82, 2.24) is 14.9 Å². The Morgan fingerprint density at radius 3 is 2.67 bits per heavy atom. The number of aryl methyl sites for hydroxylation is 1. The molecule has 0 saturated carbocycles. The van der Waals surface area contributed by atoms with Crippen LogP contribution in [0.4, 0.5) is 5.82 Å². The highest BCUT2D eigenvalue weighted by Crippen LogP contribution is 2.15. The average molecular weight is 323 g/mol. The lowest BCUT2D eigenvalue weighted by molar-refractivity contribution is 0.0744. The monoisotopic (exact) mass is 323 g/mol. The summed E-state index contributed by atoms with van der Waals surface area (Å²) in [6.07, 6.45) is 1.61. The molecule has 1 saturated heterocycles. The Balaban J connectivity index is 1.69. The summed E-state index contributed by atoms with van der Waals surface area (Å²) in [5.74, 6) is 0.476. The summed E-state index contributed by atoms with van der Waals surface area (Å²) in [5.41, 5.74) is 1.10. The van der Waals surface area contributed by atoms with Crippen molar-refractivity contribution in [3.63, 3.8) is 0 Å². The van der Waals surface area contributed by atoms with E-state index in [2.05, 4.69) is 16.0 Å². The van der Waals surface area contributed by atoms with Crippen molar-refractivity contribution in [3.05, 3.63) is 57.6 Å². The standard InChI is InChI=1S/C17H17N5O2/c1-12-2-3-14(16(23)20-12)17(24)22-8-6-21(7-9-22)15-10-13(11-18)4-5-19-15/h2-5,10H,6-9H2,1H3,(H,20,23). The first-order valence-electron chi connectivity index (χ1n) is 7.69. The van der Waals surface area contributed by atoms with Crippen LogP contribution in [0.1, 0.15) is 21.6 Å². The number of aromatic amines is 1. The Bertz CT molecular complexity index is 860. The van der Waals surface area contributed by atoms with Crippen LogP contribution in [0, 0.1) is 18.3 Å². The Hall–Kier alpha value is -3.14. The van der Waals surface area contributed by atoms with Crippen LogP contribution in [0.15, 0.2) is 35.3 Å². The minimum absolute atomic E-state index is 0.165. The molecule has 7 nitrogen and oxygen atoms in total. The molecule has 0 unspecified atom stereocenters. The lowest BCUT2D eigenvalue weighted by Gasteiger charge is -2.35. The van der Waals surface area contributed by atoms with Gasteiger partial charge in [0.05, 0.1) is 11.6 Å². The van der Waals surface area contributed by atoms with E-state index in [1.165, 1.54) is 0 Å². The van der Waals surface area contributed by atoms with Gasteiger partial charge in [-0.2, -0.15) is 5.26 Å². The number of pyridine rings is 2. The molecule has 1 aliphatic heterocycles. The first kappa shape index (κ1) is 15.7. The van der Waals surface area contributed by atoms with Crippen LogP contribution in [-0.4, -0.2) is 47.0 Å². The van der Waals surface area contributed by atoms with Crippen LogP contribution in [0.2, 0.25) is 0 Å². The number of hydrogen-bond donors (Lipinski definition) is 1. The van der Waals surface area contributed by atoms with Gasteiger partial charge in [0.25, 0.3) is 11.5 Å². The summed E-state index contributed by atoms with van der Waals surface area (Å²) in [4.78, 5) is 35.1. The van der Waals surface area contributed by atoms with Gasteiger partial charge >= 0.3 is 0 Å². The number of H-pyrrole nitrogens is 1. The second kappa shape index (κ2) is 6.54. The third-order valence-corrected chi connectivity index (χ3v) is 4.05. The number of nitrogens with one attached hydrogen (secondary N) is 1. The van der Waals surface area contributed by atoms with Crippen LogP contribution >= 0.6 is 0 Å². The number of piperazine rings is 1. The van der Waals surface area contributed by atoms with Gasteiger partial charge in [0, 0.05) is 38.1 Å². The van der Waals surface area contributed by atoms with E-state index < -0.39 is 0 Å². The molecule has 1 N–H and O–H groups in total. The molecule has 1 fully saturated rings. The molecule has 2 aromatic heterocycles. The first-order valence-corrected chi connectivity index (χ1v) is 7.69. The van der Waals surface area contributed by atoms with Crippen LogP contribution in [0.25, 0.3) is 0 Å². The summed E-state index contributed by atoms with van der Waals surface area (Å²) < 4.78 is 0. The molecule has 24 heavy (non-hydrogen) atoms. The first-order chi connectivity index (χ1) is 11.6. The van der Waals surface area contributed by atoms with E-state index in [9.17, 15) is 9.59 Å². The van der Waals surface area contributed by atoms with E-state index in [-0.39, 0.29) is 17.0 Å². The molecule has 2 aromatic rings. The predicted molar refractivity (Wildman–Crippen MR) is 88.9 cm³/mol. The Morgan fingerprint density at radius 1 is 1.25 bits per heavy atom. The lowest BCUT2D eigenvalue weighted by Crippen LogP contribution is -2.49. The maximum atomic E-state index is 12.5. The van der Waals surface area contributed by atoms with E-state index in [0.29, 0.717) is 31.7 Å². The Kier molecular flexibility index (Phi) is 4.29. The molecule has 0 spiro atoms. The molecular formula is C17H17N5O2. The lowest BCUT2D eigenvalue weighted by atomic mass is 10.2. The van der Waals surface area contributed by atoms with Gasteiger partial charge in [-0.3, -0.25) is 9.59 Å². The number of carbonyl (C=O) groups excluding carboxylic acids is 1. The van der Waals surface area contributed by atoms with Crippen LogP contribution < -0.4 is 10.5 Å². The zero-order chi connectivity index (χ0) is 17.1. The number of amides is 1. The van der Waals surface area contributed by atoms with Gasteiger partial charge in [0.15, 0.2) is 0 Å². The third kappa shape index (κ3) is 3.13. The second-order valence-electron chi connectivity index (χ2n) is 5.68. The maximum absolute atomic E-state index is 12.5. The molecule has 0 atom stereocenters. The summed E-state index contributed by atoms with van der Waals surface area (Å²) >= 11 is 0. The van der Waals surface area contributed by atoms with Gasteiger partial charge in [-0.05, 0) is 31.2 Å². The number of nitriles is 1. The van der Waals surface area contributed by atoms with Crippen LogP contribution in [0.3, 0.4) is 0 Å². The fourth-order valence-corrected chi connectivity index (χ4v) is 2.71. The predicted octanol–water partition coefficient (Wildman–Crippen LogP) is 0.912. The number of carbonyl (C=O) groups is 1. The van der Waals surface area contributed by atoms with E-state index in [1.54, 1.807) is 42.3 Å². The van der Waals surface area contributed by atoms with Crippen molar-refractivity contribution in [2.24, 2.45) is 0 Å². The molecule has 7 heteroatoms. The SMILES string of the molecule is Cc1ccc(C(=O)N2CCN(c3cc(C#N)ccn3)CC2)c(=O)[nH]1. The highest BCUT2D eigenvalue weighted by molar-refractivity contribution is 5.94. The minimum Gasteiger partial charge on any atom is -0.353 e. The van der Waals surface area contributed by atoms with Gasteiger partial charge in [0.1, 0.15) is 11.4 Å². The number of aromatic nitrogens is 2. The van der Waals surface area contributed by atoms with Crippen molar-refractivity contribution in [1.29, 1.82) is 5.26 Å². The third-order valence-electron chi connectivity index (χ3n) is 4.05.